The zero-order chi connectivity index (χ0) is 17.6. The first-order valence-electron chi connectivity index (χ1n) is 8.46. The quantitative estimate of drug-likeness (QED) is 0.361. The molecule has 0 unspecified atom stereocenters. The lowest BCUT2D eigenvalue weighted by atomic mass is 10.3. The molecule has 0 atom stereocenters. The van der Waals surface area contributed by atoms with Gasteiger partial charge in [0.1, 0.15) is 12.3 Å². The molecule has 7 heteroatoms. The van der Waals surface area contributed by atoms with Crippen molar-refractivity contribution in [2.24, 2.45) is 4.99 Å². The summed E-state index contributed by atoms with van der Waals surface area (Å²) in [6, 6.07) is 3.81. The van der Waals surface area contributed by atoms with E-state index < -0.39 is 0 Å². The van der Waals surface area contributed by atoms with Gasteiger partial charge >= 0.3 is 0 Å². The van der Waals surface area contributed by atoms with Crippen LogP contribution in [0.3, 0.4) is 0 Å². The second-order valence-corrected chi connectivity index (χ2v) is 5.54. The van der Waals surface area contributed by atoms with Gasteiger partial charge in [0, 0.05) is 46.8 Å². The van der Waals surface area contributed by atoms with Crippen LogP contribution in [0, 0.1) is 0 Å². The molecule has 1 aromatic rings. The minimum absolute atomic E-state index is 0.0292. The van der Waals surface area contributed by atoms with E-state index in [-0.39, 0.29) is 12.5 Å². The smallest absolute Gasteiger partial charge is 0.243 e. The topological polar surface area (TPSA) is 79.1 Å². The SMILES string of the molecule is CCOCCCCNC(=NCC(=O)N(C)C)NCCc1ccco1. The van der Waals surface area contributed by atoms with Crippen LogP contribution in [0.2, 0.25) is 0 Å². The van der Waals surface area contributed by atoms with Crippen molar-refractivity contribution in [3.8, 4) is 0 Å². The van der Waals surface area contributed by atoms with Gasteiger partial charge in [-0.2, -0.15) is 0 Å². The molecule has 1 aromatic heterocycles. The highest BCUT2D eigenvalue weighted by atomic mass is 16.5. The van der Waals surface area contributed by atoms with Crippen LogP contribution in [0.15, 0.2) is 27.8 Å². The fourth-order valence-electron chi connectivity index (χ4n) is 1.90. The molecule has 0 aliphatic carbocycles. The highest BCUT2D eigenvalue weighted by Gasteiger charge is 2.05. The van der Waals surface area contributed by atoms with Crippen LogP contribution >= 0.6 is 0 Å². The number of ether oxygens (including phenoxy) is 1. The van der Waals surface area contributed by atoms with Crippen molar-refractivity contribution < 1.29 is 13.9 Å². The van der Waals surface area contributed by atoms with Gasteiger partial charge in [-0.1, -0.05) is 0 Å². The molecule has 1 amide bonds. The van der Waals surface area contributed by atoms with Gasteiger partial charge in [0.15, 0.2) is 5.96 Å². The maximum Gasteiger partial charge on any atom is 0.243 e. The molecule has 24 heavy (non-hydrogen) atoms. The van der Waals surface area contributed by atoms with Crippen LogP contribution in [-0.4, -0.2) is 63.7 Å². The number of guanidine groups is 1. The number of carbonyl (C=O) groups is 1. The van der Waals surface area contributed by atoms with Crippen molar-refractivity contribution in [2.75, 3.05) is 46.9 Å². The Labute approximate surface area is 144 Å². The number of aliphatic imine (C=N–C) groups is 1. The summed E-state index contributed by atoms with van der Waals surface area (Å²) in [6.07, 6.45) is 4.41. The molecule has 136 valence electrons. The molecule has 0 radical (unpaired) electrons. The van der Waals surface area contributed by atoms with Crippen LogP contribution in [0.25, 0.3) is 0 Å². The first-order valence-corrected chi connectivity index (χ1v) is 8.46. The van der Waals surface area contributed by atoms with Gasteiger partial charge in [0.05, 0.1) is 6.26 Å². The van der Waals surface area contributed by atoms with Gasteiger partial charge in [0.2, 0.25) is 5.91 Å². The molecule has 0 aliphatic rings. The molecule has 0 aliphatic heterocycles. The molecular formula is C17H30N4O3. The summed E-state index contributed by atoms with van der Waals surface area (Å²) in [5, 5.41) is 6.48. The highest BCUT2D eigenvalue weighted by Crippen LogP contribution is 1.99. The Hall–Kier alpha value is -2.02. The van der Waals surface area contributed by atoms with Crippen LogP contribution in [0.1, 0.15) is 25.5 Å². The summed E-state index contributed by atoms with van der Waals surface area (Å²) in [5.74, 6) is 1.54. The number of nitrogens with one attached hydrogen (secondary N) is 2. The van der Waals surface area contributed by atoms with Crippen LogP contribution < -0.4 is 10.6 Å². The van der Waals surface area contributed by atoms with E-state index in [1.54, 1.807) is 20.4 Å². The zero-order valence-corrected chi connectivity index (χ0v) is 15.0. The average Bonchev–Trinajstić information content (AvgIpc) is 3.08. The molecular weight excluding hydrogens is 308 g/mol. The Kier molecular flexibility index (Phi) is 10.4. The van der Waals surface area contributed by atoms with E-state index in [0.29, 0.717) is 12.5 Å². The van der Waals surface area contributed by atoms with Gasteiger partial charge in [0.25, 0.3) is 0 Å². The molecule has 0 fully saturated rings. The number of rotatable bonds is 11. The largest absolute Gasteiger partial charge is 0.469 e. The van der Waals surface area contributed by atoms with E-state index in [1.807, 2.05) is 19.1 Å². The summed E-state index contributed by atoms with van der Waals surface area (Å²) in [5.41, 5.74) is 0. The standard InChI is InChI=1S/C17H30N4O3/c1-4-23-12-6-5-10-18-17(20-14-16(22)21(2)3)19-11-9-15-8-7-13-24-15/h7-8,13H,4-6,9-12,14H2,1-3H3,(H2,18,19,20). The van der Waals surface area contributed by atoms with E-state index in [0.717, 1.165) is 44.8 Å². The number of likely N-dealkylation sites (N-methyl/N-ethyl adjacent to an activating group) is 1. The molecule has 0 aromatic carbocycles. The number of unbranched alkanes of at least 4 members (excludes halogenated alkanes) is 1. The second kappa shape index (κ2) is 12.4. The third-order valence-corrected chi connectivity index (χ3v) is 3.33. The maximum atomic E-state index is 11.7. The number of amides is 1. The van der Waals surface area contributed by atoms with Gasteiger partial charge in [-0.3, -0.25) is 4.79 Å². The summed E-state index contributed by atoms with van der Waals surface area (Å²) in [7, 11) is 3.45. The molecule has 0 spiro atoms. The van der Waals surface area contributed by atoms with Crippen molar-refractivity contribution in [3.63, 3.8) is 0 Å². The monoisotopic (exact) mass is 338 g/mol. The minimum Gasteiger partial charge on any atom is -0.469 e. The maximum absolute atomic E-state index is 11.7. The number of nitrogens with zero attached hydrogens (tertiary/aromatic N) is 2. The van der Waals surface area contributed by atoms with E-state index in [1.165, 1.54) is 4.90 Å². The Balaban J connectivity index is 2.36. The van der Waals surface area contributed by atoms with Gasteiger partial charge < -0.3 is 24.7 Å². The Morgan fingerprint density at radius 2 is 2.08 bits per heavy atom. The van der Waals surface area contributed by atoms with Crippen molar-refractivity contribution in [3.05, 3.63) is 24.2 Å². The van der Waals surface area contributed by atoms with Crippen LogP contribution in [-0.2, 0) is 16.0 Å². The molecule has 0 saturated heterocycles. The number of furan rings is 1. The second-order valence-electron chi connectivity index (χ2n) is 5.54. The van der Waals surface area contributed by atoms with Gasteiger partial charge in [-0.15, -0.1) is 0 Å². The van der Waals surface area contributed by atoms with E-state index in [9.17, 15) is 4.79 Å². The summed E-state index contributed by atoms with van der Waals surface area (Å²) in [4.78, 5) is 17.6. The summed E-state index contributed by atoms with van der Waals surface area (Å²) >= 11 is 0. The first kappa shape index (κ1) is 20.0. The lowest BCUT2D eigenvalue weighted by Gasteiger charge is -2.13. The molecule has 1 heterocycles. The van der Waals surface area contributed by atoms with Crippen LogP contribution in [0.4, 0.5) is 0 Å². The zero-order valence-electron chi connectivity index (χ0n) is 15.0. The molecule has 0 bridgehead atoms. The lowest BCUT2D eigenvalue weighted by molar-refractivity contribution is -0.127. The van der Waals surface area contributed by atoms with Crippen molar-refractivity contribution in [2.45, 2.75) is 26.2 Å². The molecule has 7 nitrogen and oxygen atoms in total. The fourth-order valence-corrected chi connectivity index (χ4v) is 1.90. The normalized spacial score (nSPS) is 11.4. The lowest BCUT2D eigenvalue weighted by Crippen LogP contribution is -2.40. The van der Waals surface area contributed by atoms with Crippen LogP contribution in [0.5, 0.6) is 0 Å². The van der Waals surface area contributed by atoms with E-state index in [4.69, 9.17) is 9.15 Å². The molecule has 1 rings (SSSR count). The Morgan fingerprint density at radius 1 is 1.29 bits per heavy atom. The summed E-state index contributed by atoms with van der Waals surface area (Å²) < 4.78 is 10.6. The summed E-state index contributed by atoms with van der Waals surface area (Å²) in [6.45, 7) is 5.12. The van der Waals surface area contributed by atoms with E-state index >= 15 is 0 Å². The third kappa shape index (κ3) is 9.19. The predicted molar refractivity (Wildman–Crippen MR) is 95.1 cm³/mol. The highest BCUT2D eigenvalue weighted by molar-refractivity contribution is 5.84. The first-order chi connectivity index (χ1) is 11.6. The van der Waals surface area contributed by atoms with Crippen molar-refractivity contribution in [1.29, 1.82) is 0 Å². The number of hydrogen-bond donors (Lipinski definition) is 2. The molecule has 2 N–H and O–H groups in total. The predicted octanol–water partition coefficient (Wildman–Crippen LogP) is 1.26. The number of hydrogen-bond acceptors (Lipinski definition) is 4. The Morgan fingerprint density at radius 3 is 2.75 bits per heavy atom. The van der Waals surface area contributed by atoms with Gasteiger partial charge in [-0.25, -0.2) is 4.99 Å². The van der Waals surface area contributed by atoms with E-state index in [2.05, 4.69) is 15.6 Å². The third-order valence-electron chi connectivity index (χ3n) is 3.33. The van der Waals surface area contributed by atoms with Gasteiger partial charge in [-0.05, 0) is 31.9 Å². The minimum atomic E-state index is -0.0292. The fraction of sp³-hybridized carbons (Fsp3) is 0.647. The van der Waals surface area contributed by atoms with Crippen molar-refractivity contribution >= 4 is 11.9 Å². The average molecular weight is 338 g/mol. The van der Waals surface area contributed by atoms with Crippen molar-refractivity contribution in [1.82, 2.24) is 15.5 Å². The molecule has 0 saturated carbocycles. The Bertz CT molecular complexity index is 472. The number of carbonyl (C=O) groups excluding carboxylic acids is 1.